The van der Waals surface area contributed by atoms with Crippen molar-refractivity contribution in [1.82, 2.24) is 29.4 Å². The van der Waals surface area contributed by atoms with E-state index in [1.54, 1.807) is 16.8 Å². The molecule has 3 N–H and O–H groups in total. The molecule has 0 saturated carbocycles. The summed E-state index contributed by atoms with van der Waals surface area (Å²) in [5, 5.41) is 25.3. The number of benzene rings is 6. The number of carbonyl (C=O) groups excluding carboxylic acids is 2. The van der Waals surface area contributed by atoms with Gasteiger partial charge >= 0.3 is 18.9 Å². The fraction of sp³-hybridized carbons (Fsp3) is 0.273. The van der Waals surface area contributed by atoms with Gasteiger partial charge in [-0.1, -0.05) is 74.2 Å². The zero-order valence-corrected chi connectivity index (χ0v) is 40.6. The molecule has 2 aliphatic rings. The molecule has 364 valence electrons. The standard InChI is InChI=1S/C27H29N5O2.C14H18N4O2.C13H13NO.CH4.Li/c1-30-14-16-32(17-15-30)26-24-13-8-21(18-25(24)31(2)29-26)27(33)28-22-9-11-23(12-10-22)34-19-20-6-4-3-5-7-20;1-16-5-7-18(8-6-16)13-11-4-3-10(14(19)20)9-12(11)17(2)15-13;14-12-6-8-13(9-7-12)15-10-11-4-2-1-3-5-11;;/h3-13,18H,14-17,19H2,1-2H3,(H,28,33);3-4,9H,5-8H2,1-2H3,(H,19,20);1-9H,10,14H2;1H4;/q;;;;+1/p-1. The summed E-state index contributed by atoms with van der Waals surface area (Å²) in [7, 11) is 8.02. The normalized spacial score (nSPS) is 13.7. The molecule has 0 radical (unpaired) electrons. The number of rotatable bonds is 11. The van der Waals surface area contributed by atoms with Crippen molar-refractivity contribution in [3.8, 4) is 11.5 Å². The molecule has 2 aliphatic heterocycles. The van der Waals surface area contributed by atoms with E-state index < -0.39 is 5.97 Å². The Morgan fingerprint density at radius 1 is 0.563 bits per heavy atom. The predicted molar refractivity (Wildman–Crippen MR) is 279 cm³/mol. The van der Waals surface area contributed by atoms with Crippen molar-refractivity contribution in [3.63, 3.8) is 0 Å². The summed E-state index contributed by atoms with van der Waals surface area (Å²) in [5.41, 5.74) is 11.9. The van der Waals surface area contributed by atoms with Crippen molar-refractivity contribution in [3.05, 3.63) is 168 Å². The van der Waals surface area contributed by atoms with E-state index >= 15 is 0 Å². The van der Waals surface area contributed by atoms with E-state index in [-0.39, 0.29) is 37.8 Å². The average Bonchev–Trinajstić information content (AvgIpc) is 3.89. The van der Waals surface area contributed by atoms with Crippen LogP contribution in [0.4, 0.5) is 23.0 Å². The Labute approximate surface area is 428 Å². The molecule has 8 aromatic rings. The molecule has 16 heteroatoms. The van der Waals surface area contributed by atoms with Crippen LogP contribution < -0.4 is 54.3 Å². The van der Waals surface area contributed by atoms with E-state index in [1.165, 1.54) is 0 Å². The van der Waals surface area contributed by atoms with E-state index in [9.17, 15) is 14.7 Å². The van der Waals surface area contributed by atoms with Gasteiger partial charge in [0.25, 0.3) is 5.91 Å². The smallest absolute Gasteiger partial charge is 0.545 e. The number of nitrogens with one attached hydrogen (secondary N) is 1. The van der Waals surface area contributed by atoms with Crippen LogP contribution in [0.25, 0.3) is 21.8 Å². The van der Waals surface area contributed by atoms with Crippen LogP contribution in [0, 0.1) is 0 Å². The minimum atomic E-state index is -1.16. The minimum absolute atomic E-state index is 0. The maximum Gasteiger partial charge on any atom is 1.00 e. The third-order valence-electron chi connectivity index (χ3n) is 12.3. The Balaban J connectivity index is 0.000000189. The largest absolute Gasteiger partial charge is 1.00 e. The number of nitrogen functional groups attached to an aromatic ring is 1. The number of likely N-dealkylation sites (N-methyl/N-ethyl adjacent to an activating group) is 2. The Morgan fingerprint density at radius 3 is 1.41 bits per heavy atom. The summed E-state index contributed by atoms with van der Waals surface area (Å²) < 4.78 is 15.0. The summed E-state index contributed by atoms with van der Waals surface area (Å²) in [6.45, 7) is 8.94. The molecule has 10 rings (SSSR count). The number of anilines is 4. The van der Waals surface area contributed by atoms with Gasteiger partial charge < -0.3 is 50.0 Å². The number of hydrogen-bond acceptors (Lipinski definition) is 12. The van der Waals surface area contributed by atoms with Crippen LogP contribution in [0.2, 0.25) is 0 Å². The summed E-state index contributed by atoms with van der Waals surface area (Å²) in [6.07, 6.45) is 0. The number of ether oxygens (including phenoxy) is 2. The van der Waals surface area contributed by atoms with E-state index in [1.807, 2.05) is 152 Å². The van der Waals surface area contributed by atoms with Gasteiger partial charge in [-0.3, -0.25) is 14.2 Å². The number of aryl methyl sites for hydroxylation is 2. The molecule has 1 amide bonds. The fourth-order valence-corrected chi connectivity index (χ4v) is 8.13. The van der Waals surface area contributed by atoms with Gasteiger partial charge in [0, 0.05) is 94.2 Å². The van der Waals surface area contributed by atoms with Crippen LogP contribution >= 0.6 is 0 Å². The number of carbonyl (C=O) groups is 2. The number of carboxylic acid groups (broad SMARTS) is 1. The quantitative estimate of drug-likeness (QED) is 0.140. The Hall–Kier alpha value is -7.28. The number of aromatic nitrogens is 4. The second kappa shape index (κ2) is 25.0. The number of amides is 1. The molecular formula is C55H63LiN10O5. The van der Waals surface area contributed by atoms with Gasteiger partial charge in [0.2, 0.25) is 0 Å². The molecule has 2 aromatic heterocycles. The fourth-order valence-electron chi connectivity index (χ4n) is 8.13. The molecule has 0 unspecified atom stereocenters. The summed E-state index contributed by atoms with van der Waals surface area (Å²) >= 11 is 0. The zero-order chi connectivity index (χ0) is 48.3. The third kappa shape index (κ3) is 14.0. The van der Waals surface area contributed by atoms with Gasteiger partial charge in [0.1, 0.15) is 24.7 Å². The first-order valence-electron chi connectivity index (χ1n) is 23.1. The molecule has 2 saturated heterocycles. The maximum atomic E-state index is 12.9. The number of aromatic carboxylic acids is 1. The molecule has 2 fully saturated rings. The van der Waals surface area contributed by atoms with Crippen molar-refractivity contribution in [2.24, 2.45) is 14.1 Å². The van der Waals surface area contributed by atoms with Crippen molar-refractivity contribution in [2.45, 2.75) is 20.6 Å². The number of fused-ring (bicyclic) bond motifs is 2. The van der Waals surface area contributed by atoms with E-state index in [0.29, 0.717) is 18.8 Å². The van der Waals surface area contributed by atoms with Crippen LogP contribution in [-0.4, -0.2) is 108 Å². The first-order chi connectivity index (χ1) is 33.5. The maximum absolute atomic E-state index is 12.9. The first kappa shape index (κ1) is 53.1. The molecule has 4 heterocycles. The minimum Gasteiger partial charge on any atom is -0.545 e. The second-order valence-corrected chi connectivity index (χ2v) is 17.3. The van der Waals surface area contributed by atoms with Crippen LogP contribution in [0.1, 0.15) is 39.3 Å². The Kier molecular flexibility index (Phi) is 18.7. The van der Waals surface area contributed by atoms with Gasteiger partial charge in [0.15, 0.2) is 11.6 Å². The molecule has 0 spiro atoms. The number of nitrogens with zero attached hydrogens (tertiary/aromatic N) is 8. The van der Waals surface area contributed by atoms with Gasteiger partial charge in [-0.2, -0.15) is 10.2 Å². The second-order valence-electron chi connectivity index (χ2n) is 17.3. The van der Waals surface area contributed by atoms with E-state index in [4.69, 9.17) is 20.3 Å². The average molecular weight is 951 g/mol. The molecule has 71 heavy (non-hydrogen) atoms. The predicted octanol–water partition coefficient (Wildman–Crippen LogP) is 4.33. The van der Waals surface area contributed by atoms with Crippen LogP contribution in [0.15, 0.2) is 146 Å². The summed E-state index contributed by atoms with van der Waals surface area (Å²) in [5.74, 6) is 2.21. The third-order valence-corrected chi connectivity index (χ3v) is 12.3. The van der Waals surface area contributed by atoms with Gasteiger partial charge in [0.05, 0.1) is 17.0 Å². The molecule has 0 bridgehead atoms. The van der Waals surface area contributed by atoms with Crippen LogP contribution in [0.5, 0.6) is 11.5 Å². The zero-order valence-electron chi connectivity index (χ0n) is 40.6. The topological polar surface area (TPSA) is 162 Å². The van der Waals surface area contributed by atoms with Crippen molar-refractivity contribution in [1.29, 1.82) is 0 Å². The van der Waals surface area contributed by atoms with Crippen LogP contribution in [-0.2, 0) is 27.3 Å². The van der Waals surface area contributed by atoms with E-state index in [0.717, 1.165) is 120 Å². The number of carboxylic acids is 1. The van der Waals surface area contributed by atoms with Crippen molar-refractivity contribution in [2.75, 3.05) is 87.3 Å². The SMILES string of the molecule is C.CN1CCN(c2nn(C)c3cc(C(=O)Nc4ccc(OCc5ccccc5)cc4)ccc23)CC1.CN1CCN(c2nn(C)c3cc(C(=O)[O-])ccc23)CC1.Nc1ccc(OCc2ccccc2)cc1.[Li+]. The van der Waals surface area contributed by atoms with Gasteiger partial charge in [-0.15, -0.1) is 0 Å². The van der Waals surface area contributed by atoms with E-state index in [2.05, 4.69) is 44.1 Å². The first-order valence-corrected chi connectivity index (χ1v) is 23.1. The van der Waals surface area contributed by atoms with Gasteiger partial charge in [-0.05, 0) is 110 Å². The molecule has 15 nitrogen and oxygen atoms in total. The Morgan fingerprint density at radius 2 is 0.972 bits per heavy atom. The number of hydrogen-bond donors (Lipinski definition) is 2. The van der Waals surface area contributed by atoms with Crippen molar-refractivity contribution < 1.29 is 43.0 Å². The molecular weight excluding hydrogens is 888 g/mol. The summed E-state index contributed by atoms with van der Waals surface area (Å²) in [4.78, 5) is 33.1. The van der Waals surface area contributed by atoms with Crippen LogP contribution in [0.3, 0.4) is 0 Å². The Bertz CT molecular complexity index is 2950. The molecule has 0 aliphatic carbocycles. The number of nitrogens with two attached hydrogens (primary N) is 1. The number of piperazine rings is 2. The summed E-state index contributed by atoms with van der Waals surface area (Å²) in [6, 6.07) is 45.8. The van der Waals surface area contributed by atoms with Crippen molar-refractivity contribution >= 4 is 56.7 Å². The monoisotopic (exact) mass is 951 g/mol. The molecule has 6 aromatic carbocycles. The molecule has 0 atom stereocenters. The van der Waals surface area contributed by atoms with Gasteiger partial charge in [-0.25, -0.2) is 0 Å².